The summed E-state index contributed by atoms with van der Waals surface area (Å²) in [6, 6.07) is 8.38. The summed E-state index contributed by atoms with van der Waals surface area (Å²) in [6.45, 7) is 4.01. The number of aliphatic hydroxyl groups is 1. The van der Waals surface area contributed by atoms with Crippen LogP contribution in [0.3, 0.4) is 0 Å². The van der Waals surface area contributed by atoms with Crippen LogP contribution in [0.15, 0.2) is 30.6 Å². The lowest BCUT2D eigenvalue weighted by molar-refractivity contribution is 0.163. The zero-order valence-electron chi connectivity index (χ0n) is 10.3. The summed E-state index contributed by atoms with van der Waals surface area (Å²) in [4.78, 5) is 7.13. The molecular formula is C14H18N2O. The van der Waals surface area contributed by atoms with Gasteiger partial charge >= 0.3 is 0 Å². The van der Waals surface area contributed by atoms with Crippen molar-refractivity contribution < 1.29 is 5.11 Å². The summed E-state index contributed by atoms with van der Waals surface area (Å²) < 4.78 is 0. The number of aromatic amines is 1. The first-order chi connectivity index (χ1) is 8.16. The van der Waals surface area contributed by atoms with Gasteiger partial charge < -0.3 is 10.1 Å². The van der Waals surface area contributed by atoms with Gasteiger partial charge in [0.25, 0.3) is 0 Å². The van der Waals surface area contributed by atoms with Crippen LogP contribution in [0.2, 0.25) is 0 Å². The van der Waals surface area contributed by atoms with E-state index in [0.717, 1.165) is 17.8 Å². The van der Waals surface area contributed by atoms with Gasteiger partial charge in [-0.05, 0) is 32.3 Å². The Kier molecular flexibility index (Phi) is 3.59. The van der Waals surface area contributed by atoms with Crippen molar-refractivity contribution in [2.24, 2.45) is 0 Å². The second-order valence-corrected chi connectivity index (χ2v) is 4.46. The van der Waals surface area contributed by atoms with E-state index in [4.69, 9.17) is 0 Å². The quantitative estimate of drug-likeness (QED) is 0.848. The number of rotatable bonds is 4. The summed E-state index contributed by atoms with van der Waals surface area (Å²) in [6.07, 6.45) is 2.71. The van der Waals surface area contributed by atoms with Crippen molar-refractivity contribution in [1.29, 1.82) is 0 Å². The molecule has 0 aliphatic heterocycles. The third-order valence-electron chi connectivity index (χ3n) is 2.97. The lowest BCUT2D eigenvalue weighted by Crippen LogP contribution is -2.02. The van der Waals surface area contributed by atoms with Crippen LogP contribution in [0.1, 0.15) is 35.0 Å². The number of nitrogens with zero attached hydrogens (tertiary/aromatic N) is 1. The smallest absolute Gasteiger partial charge is 0.0981 e. The van der Waals surface area contributed by atoms with Gasteiger partial charge in [-0.2, -0.15) is 0 Å². The molecule has 0 aliphatic rings. The van der Waals surface area contributed by atoms with Gasteiger partial charge in [-0.15, -0.1) is 0 Å². The standard InChI is InChI=1S/C14H18N2O/c1-10-4-3-5-12(8-10)6-7-13(17)14-11(2)15-9-16-14/h3-5,8-9,13,17H,6-7H2,1-2H3,(H,15,16). The monoisotopic (exact) mass is 230 g/mol. The van der Waals surface area contributed by atoms with Crippen molar-refractivity contribution in [3.05, 3.63) is 53.1 Å². The highest BCUT2D eigenvalue weighted by atomic mass is 16.3. The number of hydrogen-bond acceptors (Lipinski definition) is 2. The molecule has 1 aromatic carbocycles. The van der Waals surface area contributed by atoms with Crippen molar-refractivity contribution in [2.45, 2.75) is 32.8 Å². The van der Waals surface area contributed by atoms with Gasteiger partial charge in [-0.1, -0.05) is 29.8 Å². The van der Waals surface area contributed by atoms with Gasteiger partial charge in [0.05, 0.1) is 18.1 Å². The van der Waals surface area contributed by atoms with E-state index in [9.17, 15) is 5.11 Å². The zero-order valence-corrected chi connectivity index (χ0v) is 10.3. The van der Waals surface area contributed by atoms with E-state index in [1.54, 1.807) is 6.33 Å². The van der Waals surface area contributed by atoms with E-state index < -0.39 is 6.10 Å². The lowest BCUT2D eigenvalue weighted by atomic mass is 10.0. The maximum Gasteiger partial charge on any atom is 0.0981 e. The average molecular weight is 230 g/mol. The van der Waals surface area contributed by atoms with Crippen molar-refractivity contribution in [2.75, 3.05) is 0 Å². The predicted molar refractivity (Wildman–Crippen MR) is 67.8 cm³/mol. The van der Waals surface area contributed by atoms with Crippen LogP contribution in [0.5, 0.6) is 0 Å². The Morgan fingerprint density at radius 2 is 2.18 bits per heavy atom. The second-order valence-electron chi connectivity index (χ2n) is 4.46. The first-order valence-corrected chi connectivity index (χ1v) is 5.90. The number of aromatic nitrogens is 2. The number of benzene rings is 1. The van der Waals surface area contributed by atoms with Crippen molar-refractivity contribution in [1.82, 2.24) is 9.97 Å². The van der Waals surface area contributed by atoms with Crippen molar-refractivity contribution in [3.8, 4) is 0 Å². The summed E-state index contributed by atoms with van der Waals surface area (Å²) in [5.41, 5.74) is 4.23. The van der Waals surface area contributed by atoms with Crippen LogP contribution >= 0.6 is 0 Å². The molecule has 1 atom stereocenters. The van der Waals surface area contributed by atoms with Crippen LogP contribution in [-0.2, 0) is 6.42 Å². The van der Waals surface area contributed by atoms with Crippen LogP contribution in [0, 0.1) is 13.8 Å². The largest absolute Gasteiger partial charge is 0.387 e. The van der Waals surface area contributed by atoms with Gasteiger partial charge in [-0.25, -0.2) is 4.98 Å². The molecule has 90 valence electrons. The third-order valence-corrected chi connectivity index (χ3v) is 2.97. The molecule has 2 rings (SSSR count). The number of hydrogen-bond donors (Lipinski definition) is 2. The van der Waals surface area contributed by atoms with Crippen LogP contribution in [0.25, 0.3) is 0 Å². The van der Waals surface area contributed by atoms with Gasteiger partial charge in [-0.3, -0.25) is 0 Å². The molecule has 0 bridgehead atoms. The first kappa shape index (κ1) is 11.9. The minimum Gasteiger partial charge on any atom is -0.387 e. The topological polar surface area (TPSA) is 48.9 Å². The van der Waals surface area contributed by atoms with E-state index in [2.05, 4.69) is 41.2 Å². The highest BCUT2D eigenvalue weighted by Crippen LogP contribution is 2.19. The summed E-state index contributed by atoms with van der Waals surface area (Å²) in [7, 11) is 0. The number of H-pyrrole nitrogens is 1. The molecular weight excluding hydrogens is 212 g/mol. The molecule has 0 aliphatic carbocycles. The molecule has 3 heteroatoms. The molecule has 17 heavy (non-hydrogen) atoms. The van der Waals surface area contributed by atoms with E-state index in [1.165, 1.54) is 11.1 Å². The van der Waals surface area contributed by atoms with Crippen LogP contribution in [0.4, 0.5) is 0 Å². The number of aliphatic hydroxyl groups excluding tert-OH is 1. The second kappa shape index (κ2) is 5.15. The van der Waals surface area contributed by atoms with E-state index in [1.807, 2.05) is 6.92 Å². The minimum absolute atomic E-state index is 0.484. The fourth-order valence-electron chi connectivity index (χ4n) is 2.01. The Bertz CT molecular complexity index is 490. The molecule has 3 nitrogen and oxygen atoms in total. The molecule has 0 amide bonds. The molecule has 0 fully saturated rings. The molecule has 0 saturated heterocycles. The molecule has 1 heterocycles. The highest BCUT2D eigenvalue weighted by Gasteiger charge is 2.12. The van der Waals surface area contributed by atoms with Crippen LogP contribution in [-0.4, -0.2) is 15.1 Å². The fourth-order valence-corrected chi connectivity index (χ4v) is 2.01. The number of nitrogens with one attached hydrogen (secondary N) is 1. The van der Waals surface area contributed by atoms with E-state index in [-0.39, 0.29) is 0 Å². The molecule has 1 aromatic heterocycles. The fraction of sp³-hybridized carbons (Fsp3) is 0.357. The molecule has 0 spiro atoms. The molecule has 0 saturated carbocycles. The normalized spacial score (nSPS) is 12.6. The Hall–Kier alpha value is -1.61. The summed E-state index contributed by atoms with van der Waals surface area (Å²) in [5, 5.41) is 10.0. The van der Waals surface area contributed by atoms with E-state index >= 15 is 0 Å². The Balaban J connectivity index is 1.97. The van der Waals surface area contributed by atoms with E-state index in [0.29, 0.717) is 6.42 Å². The Morgan fingerprint density at radius 3 is 2.82 bits per heavy atom. The zero-order chi connectivity index (χ0) is 12.3. The first-order valence-electron chi connectivity index (χ1n) is 5.90. The van der Waals surface area contributed by atoms with Gasteiger partial charge in [0.15, 0.2) is 0 Å². The predicted octanol–water partition coefficient (Wildman–Crippen LogP) is 2.69. The molecule has 1 unspecified atom stereocenters. The van der Waals surface area contributed by atoms with Crippen LogP contribution < -0.4 is 0 Å². The highest BCUT2D eigenvalue weighted by molar-refractivity contribution is 5.22. The van der Waals surface area contributed by atoms with Gasteiger partial charge in [0.2, 0.25) is 0 Å². The summed E-state index contributed by atoms with van der Waals surface area (Å²) >= 11 is 0. The Morgan fingerprint density at radius 1 is 1.35 bits per heavy atom. The molecule has 0 radical (unpaired) electrons. The molecule has 2 aromatic rings. The maximum atomic E-state index is 10.0. The number of imidazole rings is 1. The van der Waals surface area contributed by atoms with Gasteiger partial charge in [0, 0.05) is 5.69 Å². The minimum atomic E-state index is -0.484. The lowest BCUT2D eigenvalue weighted by Gasteiger charge is -2.09. The van der Waals surface area contributed by atoms with Crippen molar-refractivity contribution >= 4 is 0 Å². The van der Waals surface area contributed by atoms with Gasteiger partial charge in [0.1, 0.15) is 0 Å². The molecule has 2 N–H and O–H groups in total. The third kappa shape index (κ3) is 2.94. The van der Waals surface area contributed by atoms with Crippen molar-refractivity contribution in [3.63, 3.8) is 0 Å². The Labute approximate surface area is 102 Å². The SMILES string of the molecule is Cc1cccc(CCC(O)c2nc[nH]c2C)c1. The average Bonchev–Trinajstić information content (AvgIpc) is 2.72. The number of aryl methyl sites for hydroxylation is 3. The summed E-state index contributed by atoms with van der Waals surface area (Å²) in [5.74, 6) is 0. The maximum absolute atomic E-state index is 10.0.